The molecule has 3 rings (SSSR count). The Hall–Kier alpha value is -1.80. The molecule has 2 aliphatic heterocycles. The molecule has 1 aromatic carbocycles. The number of carbonyl (C=O) groups is 1. The molecule has 22 heavy (non-hydrogen) atoms. The van der Waals surface area contributed by atoms with Gasteiger partial charge in [-0.1, -0.05) is 0 Å². The normalized spacial score (nSPS) is 21.8. The molecule has 1 atom stereocenters. The summed E-state index contributed by atoms with van der Waals surface area (Å²) in [6.07, 6.45) is 1.99. The molecular weight excluding hydrogens is 308 g/mol. The highest BCUT2D eigenvalue weighted by atomic mass is 32.2. The van der Waals surface area contributed by atoms with E-state index in [1.807, 2.05) is 0 Å². The fraction of sp³-hybridized carbons (Fsp3) is 0.500. The second kappa shape index (κ2) is 6.13. The average Bonchev–Trinajstić information content (AvgIpc) is 2.74. The van der Waals surface area contributed by atoms with Gasteiger partial charge in [0, 0.05) is 19.0 Å². The number of rotatable bonds is 3. The van der Waals surface area contributed by atoms with Crippen molar-refractivity contribution >= 4 is 15.9 Å². The molecule has 0 unspecified atom stereocenters. The first-order chi connectivity index (χ1) is 10.6. The molecule has 0 spiro atoms. The van der Waals surface area contributed by atoms with Gasteiger partial charge in [0.05, 0.1) is 18.1 Å². The first-order valence-corrected chi connectivity index (χ1v) is 8.74. The first-order valence-electron chi connectivity index (χ1n) is 7.26. The fourth-order valence-corrected chi connectivity index (χ4v) is 3.70. The lowest BCUT2D eigenvalue weighted by molar-refractivity contribution is -0.124. The van der Waals surface area contributed by atoms with Crippen molar-refractivity contribution in [3.05, 3.63) is 18.2 Å². The minimum absolute atomic E-state index is 0.0649. The monoisotopic (exact) mass is 326 g/mol. The van der Waals surface area contributed by atoms with Crippen molar-refractivity contribution in [1.82, 2.24) is 10.0 Å². The van der Waals surface area contributed by atoms with Gasteiger partial charge in [-0.05, 0) is 25.0 Å². The SMILES string of the molecule is O=C1NCCC[C@@H]1NS(=O)(=O)c1ccc2c(c1)OCCCO2. The average molecular weight is 326 g/mol. The van der Waals surface area contributed by atoms with E-state index in [0.29, 0.717) is 37.7 Å². The Bertz CT molecular complexity index is 674. The van der Waals surface area contributed by atoms with Gasteiger partial charge in [0.2, 0.25) is 15.9 Å². The van der Waals surface area contributed by atoms with E-state index in [9.17, 15) is 13.2 Å². The maximum atomic E-state index is 12.4. The first kappa shape index (κ1) is 15.1. The van der Waals surface area contributed by atoms with Crippen molar-refractivity contribution in [2.24, 2.45) is 0 Å². The van der Waals surface area contributed by atoms with Crippen molar-refractivity contribution < 1.29 is 22.7 Å². The molecule has 7 nitrogen and oxygen atoms in total. The number of benzene rings is 1. The number of amides is 1. The van der Waals surface area contributed by atoms with E-state index < -0.39 is 16.1 Å². The standard InChI is InChI=1S/C14H18N2O5S/c17-14-11(3-1-6-15-14)16-22(18,19)10-4-5-12-13(9-10)21-8-2-7-20-12/h4-5,9,11,16H,1-3,6-8H2,(H,15,17)/t11-/m0/s1. The molecule has 0 aliphatic carbocycles. The van der Waals surface area contributed by atoms with Crippen LogP contribution in [0.5, 0.6) is 11.5 Å². The van der Waals surface area contributed by atoms with Crippen molar-refractivity contribution in [3.8, 4) is 11.5 Å². The number of carbonyl (C=O) groups excluding carboxylic acids is 1. The summed E-state index contributed by atoms with van der Waals surface area (Å²) in [6.45, 7) is 1.61. The zero-order valence-corrected chi connectivity index (χ0v) is 12.8. The molecule has 120 valence electrons. The zero-order valence-electron chi connectivity index (χ0n) is 12.0. The lowest BCUT2D eigenvalue weighted by atomic mass is 10.1. The highest BCUT2D eigenvalue weighted by molar-refractivity contribution is 7.89. The van der Waals surface area contributed by atoms with Crippen LogP contribution in [0.15, 0.2) is 23.1 Å². The molecular formula is C14H18N2O5S. The van der Waals surface area contributed by atoms with Gasteiger partial charge in [-0.2, -0.15) is 4.72 Å². The Labute approximate surface area is 129 Å². The summed E-state index contributed by atoms with van der Waals surface area (Å²) in [5.74, 6) is 0.657. The molecule has 0 saturated carbocycles. The quantitative estimate of drug-likeness (QED) is 0.839. The van der Waals surface area contributed by atoms with Crippen LogP contribution in [0.25, 0.3) is 0 Å². The molecule has 2 N–H and O–H groups in total. The van der Waals surface area contributed by atoms with Gasteiger partial charge in [-0.25, -0.2) is 8.42 Å². The molecule has 0 radical (unpaired) electrons. The second-order valence-corrected chi connectivity index (χ2v) is 6.98. The number of hydrogen-bond donors (Lipinski definition) is 2. The van der Waals surface area contributed by atoms with Crippen LogP contribution in [0.2, 0.25) is 0 Å². The van der Waals surface area contributed by atoms with Crippen molar-refractivity contribution in [2.45, 2.75) is 30.2 Å². The molecule has 1 aromatic rings. The maximum Gasteiger partial charge on any atom is 0.241 e. The van der Waals surface area contributed by atoms with Gasteiger partial charge in [0.25, 0.3) is 0 Å². The Kier molecular flexibility index (Phi) is 4.21. The van der Waals surface area contributed by atoms with E-state index in [1.54, 1.807) is 6.07 Å². The van der Waals surface area contributed by atoms with Crippen molar-refractivity contribution in [2.75, 3.05) is 19.8 Å². The molecule has 2 heterocycles. The van der Waals surface area contributed by atoms with Gasteiger partial charge in [0.15, 0.2) is 11.5 Å². The lowest BCUT2D eigenvalue weighted by Gasteiger charge is -2.22. The molecule has 8 heteroatoms. The zero-order chi connectivity index (χ0) is 15.6. The van der Waals surface area contributed by atoms with Gasteiger partial charge < -0.3 is 14.8 Å². The number of ether oxygens (including phenoxy) is 2. The van der Waals surface area contributed by atoms with E-state index in [0.717, 1.165) is 12.8 Å². The van der Waals surface area contributed by atoms with Gasteiger partial charge in [-0.3, -0.25) is 4.79 Å². The van der Waals surface area contributed by atoms with Crippen LogP contribution in [0.1, 0.15) is 19.3 Å². The maximum absolute atomic E-state index is 12.4. The van der Waals surface area contributed by atoms with Crippen LogP contribution in [0.4, 0.5) is 0 Å². The molecule has 1 fully saturated rings. The Morgan fingerprint density at radius 2 is 1.91 bits per heavy atom. The summed E-state index contributed by atoms with van der Waals surface area (Å²) in [7, 11) is -3.78. The fourth-order valence-electron chi connectivity index (χ4n) is 2.45. The van der Waals surface area contributed by atoms with E-state index in [-0.39, 0.29) is 10.8 Å². The summed E-state index contributed by atoms with van der Waals surface area (Å²) in [4.78, 5) is 11.8. The van der Waals surface area contributed by atoms with Gasteiger partial charge in [0.1, 0.15) is 6.04 Å². The predicted octanol–water partition coefficient (Wildman–Crippen LogP) is 0.405. The minimum Gasteiger partial charge on any atom is -0.490 e. The third-order valence-electron chi connectivity index (χ3n) is 3.61. The summed E-state index contributed by atoms with van der Waals surface area (Å²) in [5, 5.41) is 2.65. The third kappa shape index (κ3) is 3.17. The van der Waals surface area contributed by atoms with Crippen LogP contribution < -0.4 is 19.5 Å². The topological polar surface area (TPSA) is 93.7 Å². The van der Waals surface area contributed by atoms with E-state index >= 15 is 0 Å². The van der Waals surface area contributed by atoms with Crippen molar-refractivity contribution in [3.63, 3.8) is 0 Å². The predicted molar refractivity (Wildman–Crippen MR) is 78.4 cm³/mol. The van der Waals surface area contributed by atoms with E-state index in [2.05, 4.69) is 10.0 Å². The smallest absolute Gasteiger partial charge is 0.241 e. The number of piperidine rings is 1. The molecule has 1 amide bonds. The molecule has 0 aromatic heterocycles. The second-order valence-electron chi connectivity index (χ2n) is 5.27. The number of hydrogen-bond acceptors (Lipinski definition) is 5. The van der Waals surface area contributed by atoms with Crippen LogP contribution in [0, 0.1) is 0 Å². The van der Waals surface area contributed by atoms with Gasteiger partial charge >= 0.3 is 0 Å². The van der Waals surface area contributed by atoms with Crippen LogP contribution >= 0.6 is 0 Å². The Balaban J connectivity index is 1.82. The molecule has 1 saturated heterocycles. The minimum atomic E-state index is -3.78. The Morgan fingerprint density at radius 3 is 2.68 bits per heavy atom. The summed E-state index contributed by atoms with van der Waals surface area (Å²) < 4.78 is 38.3. The largest absolute Gasteiger partial charge is 0.490 e. The lowest BCUT2D eigenvalue weighted by Crippen LogP contribution is -2.50. The third-order valence-corrected chi connectivity index (χ3v) is 5.08. The number of fused-ring (bicyclic) bond motifs is 1. The molecule has 0 bridgehead atoms. The van der Waals surface area contributed by atoms with Gasteiger partial charge in [-0.15, -0.1) is 0 Å². The van der Waals surface area contributed by atoms with Crippen LogP contribution in [0.3, 0.4) is 0 Å². The highest BCUT2D eigenvalue weighted by Crippen LogP contribution is 2.32. The summed E-state index contributed by atoms with van der Waals surface area (Å²) in [6, 6.07) is 3.74. The van der Waals surface area contributed by atoms with Crippen molar-refractivity contribution in [1.29, 1.82) is 0 Å². The molecule has 2 aliphatic rings. The summed E-state index contributed by atoms with van der Waals surface area (Å²) >= 11 is 0. The van der Waals surface area contributed by atoms with E-state index in [4.69, 9.17) is 9.47 Å². The summed E-state index contributed by atoms with van der Waals surface area (Å²) in [5.41, 5.74) is 0. The van der Waals surface area contributed by atoms with E-state index in [1.165, 1.54) is 12.1 Å². The van der Waals surface area contributed by atoms with Crippen LogP contribution in [-0.4, -0.2) is 40.1 Å². The Morgan fingerprint density at radius 1 is 1.14 bits per heavy atom. The van der Waals surface area contributed by atoms with Crippen LogP contribution in [-0.2, 0) is 14.8 Å². The highest BCUT2D eigenvalue weighted by Gasteiger charge is 2.28. The number of sulfonamides is 1. The number of nitrogens with one attached hydrogen (secondary N) is 2.